The zero-order valence-corrected chi connectivity index (χ0v) is 17.2. The molecular weight excluding hydrogens is 408 g/mol. The minimum absolute atomic E-state index is 0.244. The lowest BCUT2D eigenvalue weighted by Gasteiger charge is -2.38. The Kier molecular flexibility index (Phi) is 5.15. The zero-order chi connectivity index (χ0) is 21.5. The van der Waals surface area contributed by atoms with Crippen molar-refractivity contribution < 1.29 is 24.2 Å². The number of methoxy groups -OCH3 is 1. The minimum atomic E-state index is -0.875. The highest BCUT2D eigenvalue weighted by molar-refractivity contribution is 6.30. The molecule has 0 radical (unpaired) electrons. The van der Waals surface area contributed by atoms with Gasteiger partial charge in [-0.25, -0.2) is 0 Å². The number of aromatic nitrogens is 1. The molecule has 2 aromatic rings. The number of nitrogens with zero attached hydrogens (tertiary/aromatic N) is 1. The van der Waals surface area contributed by atoms with Crippen LogP contribution in [0.1, 0.15) is 36.2 Å². The monoisotopic (exact) mass is 428 g/mol. The van der Waals surface area contributed by atoms with Crippen molar-refractivity contribution in [3.8, 4) is 11.3 Å². The van der Waals surface area contributed by atoms with Crippen LogP contribution in [0.3, 0.4) is 0 Å². The fourth-order valence-corrected chi connectivity index (χ4v) is 4.57. The molecule has 1 spiro atoms. The van der Waals surface area contributed by atoms with E-state index in [1.54, 1.807) is 18.2 Å². The molecular formula is C22H21ClN2O5. The summed E-state index contributed by atoms with van der Waals surface area (Å²) in [6.45, 7) is -0.385. The van der Waals surface area contributed by atoms with Crippen LogP contribution in [0.5, 0.6) is 0 Å². The number of aliphatic hydroxyl groups is 1. The lowest BCUT2D eigenvalue weighted by Crippen LogP contribution is -2.45. The van der Waals surface area contributed by atoms with Crippen molar-refractivity contribution in [3.05, 3.63) is 58.4 Å². The van der Waals surface area contributed by atoms with E-state index < -0.39 is 23.2 Å². The number of allylic oxidation sites excluding steroid dienone is 1. The van der Waals surface area contributed by atoms with Gasteiger partial charge in [0, 0.05) is 10.7 Å². The van der Waals surface area contributed by atoms with Gasteiger partial charge in [-0.05, 0) is 42.7 Å². The smallest absolute Gasteiger partial charge is 0.325 e. The van der Waals surface area contributed by atoms with Gasteiger partial charge in [-0.3, -0.25) is 14.4 Å². The summed E-state index contributed by atoms with van der Waals surface area (Å²) in [5.41, 5.74) is 0.783. The fourth-order valence-electron chi connectivity index (χ4n) is 4.44. The van der Waals surface area contributed by atoms with Gasteiger partial charge >= 0.3 is 5.97 Å². The van der Waals surface area contributed by atoms with Gasteiger partial charge in [0.05, 0.1) is 12.8 Å². The summed E-state index contributed by atoms with van der Waals surface area (Å²) in [7, 11) is 1.20. The number of benzene rings is 1. The van der Waals surface area contributed by atoms with Gasteiger partial charge in [0.1, 0.15) is 23.4 Å². The Bertz CT molecular complexity index is 1060. The van der Waals surface area contributed by atoms with Gasteiger partial charge in [-0.2, -0.15) is 0 Å². The van der Waals surface area contributed by atoms with E-state index >= 15 is 0 Å². The molecule has 0 saturated heterocycles. The first-order valence-corrected chi connectivity index (χ1v) is 10.1. The van der Waals surface area contributed by atoms with E-state index in [4.69, 9.17) is 11.6 Å². The summed E-state index contributed by atoms with van der Waals surface area (Å²) in [5, 5.41) is 14.2. The topological polar surface area (TPSA) is 97.6 Å². The number of aliphatic hydroxyl groups excluding tert-OH is 1. The Balaban J connectivity index is 1.82. The van der Waals surface area contributed by atoms with Crippen molar-refractivity contribution in [2.45, 2.75) is 31.2 Å². The van der Waals surface area contributed by atoms with Crippen LogP contribution in [0.2, 0.25) is 5.02 Å². The van der Waals surface area contributed by atoms with E-state index in [9.17, 15) is 19.5 Å². The van der Waals surface area contributed by atoms with Crippen LogP contribution in [-0.2, 0) is 19.9 Å². The molecule has 2 aliphatic rings. The molecule has 2 N–H and O–H groups in total. The Hall–Kier alpha value is -3.06. The summed E-state index contributed by atoms with van der Waals surface area (Å²) < 4.78 is 6.38. The van der Waals surface area contributed by atoms with Gasteiger partial charge in [-0.1, -0.05) is 36.6 Å². The number of nitrogens with one attached hydrogen (secondary N) is 1. The Morgan fingerprint density at radius 2 is 1.77 bits per heavy atom. The third-order valence-corrected chi connectivity index (χ3v) is 6.12. The van der Waals surface area contributed by atoms with Crippen molar-refractivity contribution in [2.75, 3.05) is 13.7 Å². The summed E-state index contributed by atoms with van der Waals surface area (Å²) in [6.07, 6.45) is 2.91. The SMILES string of the molecule is COC(=O)CNC(=O)C1=C(O)C2(CCCC2)n2c(ccc2-c2ccc(Cl)cc2)C1=O. The molecule has 156 valence electrons. The predicted octanol–water partition coefficient (Wildman–Crippen LogP) is 3.38. The molecule has 0 atom stereocenters. The number of hydrogen-bond acceptors (Lipinski definition) is 5. The summed E-state index contributed by atoms with van der Waals surface area (Å²) in [5.74, 6) is -2.25. The van der Waals surface area contributed by atoms with E-state index in [2.05, 4.69) is 10.1 Å². The molecule has 1 aromatic carbocycles. The van der Waals surface area contributed by atoms with Gasteiger partial charge in [0.2, 0.25) is 5.78 Å². The van der Waals surface area contributed by atoms with Crippen molar-refractivity contribution in [1.29, 1.82) is 0 Å². The maximum atomic E-state index is 13.2. The Morgan fingerprint density at radius 3 is 2.40 bits per heavy atom. The highest BCUT2D eigenvalue weighted by Gasteiger charge is 2.50. The highest BCUT2D eigenvalue weighted by Crippen LogP contribution is 2.49. The highest BCUT2D eigenvalue weighted by atomic mass is 35.5. The molecule has 1 aliphatic carbocycles. The van der Waals surface area contributed by atoms with Crippen molar-refractivity contribution >= 4 is 29.3 Å². The number of ether oxygens (including phenoxy) is 1. The van der Waals surface area contributed by atoms with Crippen LogP contribution in [0.4, 0.5) is 0 Å². The first-order valence-electron chi connectivity index (χ1n) is 9.70. The maximum absolute atomic E-state index is 13.2. The number of Topliss-reactive ketones (excluding diaryl/α,β-unsaturated/α-hetero) is 1. The molecule has 8 heteroatoms. The molecule has 1 aliphatic heterocycles. The van der Waals surface area contributed by atoms with Crippen LogP contribution in [0.15, 0.2) is 47.7 Å². The largest absolute Gasteiger partial charge is 0.509 e. The van der Waals surface area contributed by atoms with Crippen molar-refractivity contribution in [2.24, 2.45) is 0 Å². The number of amides is 1. The molecule has 30 heavy (non-hydrogen) atoms. The maximum Gasteiger partial charge on any atom is 0.325 e. The van der Waals surface area contributed by atoms with Crippen LogP contribution in [-0.4, -0.2) is 41.0 Å². The van der Waals surface area contributed by atoms with E-state index in [1.165, 1.54) is 7.11 Å². The molecule has 1 saturated carbocycles. The molecule has 2 heterocycles. The quantitative estimate of drug-likeness (QED) is 0.574. The average molecular weight is 429 g/mol. The number of fused-ring (bicyclic) bond motifs is 2. The zero-order valence-electron chi connectivity index (χ0n) is 16.4. The minimum Gasteiger partial charge on any atom is -0.509 e. The van der Waals surface area contributed by atoms with Crippen LogP contribution in [0.25, 0.3) is 11.3 Å². The molecule has 1 aromatic heterocycles. The van der Waals surface area contributed by atoms with E-state index in [0.29, 0.717) is 23.6 Å². The third-order valence-electron chi connectivity index (χ3n) is 5.86. The molecule has 4 rings (SSSR count). The number of hydrogen-bond donors (Lipinski definition) is 2. The van der Waals surface area contributed by atoms with Crippen LogP contribution in [0, 0.1) is 0 Å². The predicted molar refractivity (Wildman–Crippen MR) is 110 cm³/mol. The first-order chi connectivity index (χ1) is 14.4. The number of esters is 1. The number of ketones is 1. The van der Waals surface area contributed by atoms with Crippen LogP contribution < -0.4 is 5.32 Å². The van der Waals surface area contributed by atoms with E-state index in [1.807, 2.05) is 22.8 Å². The lowest BCUT2D eigenvalue weighted by atomic mass is 9.84. The standard InChI is InChI=1S/C22H21ClN2O5/c1-30-17(26)12-24-21(29)18-19(27)16-9-8-15(13-4-6-14(23)7-5-13)25(16)22(20(18)28)10-2-3-11-22/h4-9,28H,2-3,10-12H2,1H3,(H,24,29). The van der Waals surface area contributed by atoms with Crippen molar-refractivity contribution in [1.82, 2.24) is 9.88 Å². The fraction of sp³-hybridized carbons (Fsp3) is 0.318. The number of rotatable bonds is 4. The van der Waals surface area contributed by atoms with E-state index in [-0.39, 0.29) is 17.9 Å². The van der Waals surface area contributed by atoms with Gasteiger partial charge in [0.15, 0.2) is 0 Å². The van der Waals surface area contributed by atoms with Crippen LogP contribution >= 0.6 is 11.6 Å². The first kappa shape index (κ1) is 20.2. The van der Waals surface area contributed by atoms with Gasteiger partial charge < -0.3 is 19.7 Å². The van der Waals surface area contributed by atoms with Gasteiger partial charge in [0.25, 0.3) is 5.91 Å². The summed E-state index contributed by atoms with van der Waals surface area (Å²) >= 11 is 6.01. The van der Waals surface area contributed by atoms with Gasteiger partial charge in [-0.15, -0.1) is 0 Å². The molecule has 7 nitrogen and oxygen atoms in total. The second kappa shape index (κ2) is 7.65. The van der Waals surface area contributed by atoms with Crippen molar-refractivity contribution in [3.63, 3.8) is 0 Å². The number of carbonyl (C=O) groups excluding carboxylic acids is 3. The number of carbonyl (C=O) groups is 3. The summed E-state index contributed by atoms with van der Waals surface area (Å²) in [4.78, 5) is 37.3. The Morgan fingerprint density at radius 1 is 1.13 bits per heavy atom. The molecule has 1 amide bonds. The third kappa shape index (κ3) is 3.10. The molecule has 0 unspecified atom stereocenters. The molecule has 0 bridgehead atoms. The Labute approximate surface area is 178 Å². The second-order valence-electron chi connectivity index (χ2n) is 7.50. The average Bonchev–Trinajstić information content (AvgIpc) is 3.40. The normalized spacial score (nSPS) is 17.2. The van der Waals surface area contributed by atoms with E-state index in [0.717, 1.165) is 24.1 Å². The summed E-state index contributed by atoms with van der Waals surface area (Å²) in [6, 6.07) is 10.7. The number of halogens is 1. The lowest BCUT2D eigenvalue weighted by molar-refractivity contribution is -0.140. The second-order valence-corrected chi connectivity index (χ2v) is 7.93. The molecule has 1 fully saturated rings.